The second-order valence-corrected chi connectivity index (χ2v) is 5.30. The first-order valence-electron chi connectivity index (χ1n) is 5.90. The molecule has 0 radical (unpaired) electrons. The molecule has 0 bridgehead atoms. The highest BCUT2D eigenvalue weighted by molar-refractivity contribution is 9.10. The van der Waals surface area contributed by atoms with Crippen LogP contribution in [0.3, 0.4) is 0 Å². The maximum Gasteiger partial charge on any atom is 0.100 e. The first-order chi connectivity index (χ1) is 8.20. The van der Waals surface area contributed by atoms with Crippen LogP contribution >= 0.6 is 15.9 Å². The van der Waals surface area contributed by atoms with Gasteiger partial charge in [-0.05, 0) is 60.4 Å². The molecule has 0 saturated carbocycles. The molecule has 3 nitrogen and oxygen atoms in total. The van der Waals surface area contributed by atoms with Gasteiger partial charge in [-0.3, -0.25) is 0 Å². The van der Waals surface area contributed by atoms with Gasteiger partial charge in [-0.15, -0.1) is 0 Å². The Kier molecular flexibility index (Phi) is 4.03. The van der Waals surface area contributed by atoms with Crippen LogP contribution in [0.2, 0.25) is 0 Å². The molecule has 1 aromatic rings. The Morgan fingerprint density at radius 2 is 2.35 bits per heavy atom. The number of anilines is 1. The van der Waals surface area contributed by atoms with Crippen molar-refractivity contribution in [2.75, 3.05) is 11.9 Å². The van der Waals surface area contributed by atoms with Crippen LogP contribution in [0.25, 0.3) is 0 Å². The molecular formula is C13H16BrN3. The number of nitrogens with one attached hydrogen (secondary N) is 2. The van der Waals surface area contributed by atoms with Gasteiger partial charge in [-0.25, -0.2) is 0 Å². The van der Waals surface area contributed by atoms with Crippen LogP contribution < -0.4 is 10.6 Å². The predicted molar refractivity (Wildman–Crippen MR) is 73.0 cm³/mol. The molecule has 17 heavy (non-hydrogen) atoms. The molecule has 1 aromatic carbocycles. The zero-order valence-electron chi connectivity index (χ0n) is 9.83. The molecule has 90 valence electrons. The molecule has 4 heteroatoms. The van der Waals surface area contributed by atoms with E-state index in [1.54, 1.807) is 0 Å². The van der Waals surface area contributed by atoms with E-state index in [0.29, 0.717) is 17.6 Å². The highest BCUT2D eigenvalue weighted by Gasteiger charge is 2.20. The van der Waals surface area contributed by atoms with Crippen molar-refractivity contribution in [1.82, 2.24) is 5.32 Å². The molecule has 2 N–H and O–H groups in total. The first-order valence-corrected chi connectivity index (χ1v) is 6.69. The molecular weight excluding hydrogens is 278 g/mol. The molecule has 2 unspecified atom stereocenters. The molecule has 1 aliphatic rings. The molecule has 0 aromatic heterocycles. The lowest BCUT2D eigenvalue weighted by atomic mass is 9.99. The topological polar surface area (TPSA) is 47.8 Å². The molecule has 1 fully saturated rings. The third-order valence-electron chi connectivity index (χ3n) is 3.20. The van der Waals surface area contributed by atoms with Crippen molar-refractivity contribution in [2.45, 2.75) is 31.8 Å². The lowest BCUT2D eigenvalue weighted by molar-refractivity contribution is 0.389. The maximum atomic E-state index is 8.86. The Hall–Kier alpha value is -1.05. The fourth-order valence-corrected chi connectivity index (χ4v) is 2.62. The number of hydrogen-bond acceptors (Lipinski definition) is 3. The molecule has 2 atom stereocenters. The van der Waals surface area contributed by atoms with Gasteiger partial charge < -0.3 is 10.6 Å². The Morgan fingerprint density at radius 3 is 3.00 bits per heavy atom. The SMILES string of the molecule is CC1NCCCC1Nc1ccc(C#N)c(Br)c1. The summed E-state index contributed by atoms with van der Waals surface area (Å²) in [5.74, 6) is 0. The van der Waals surface area contributed by atoms with Gasteiger partial charge in [0, 0.05) is 22.2 Å². The first kappa shape index (κ1) is 12.4. The van der Waals surface area contributed by atoms with Gasteiger partial charge in [0.1, 0.15) is 6.07 Å². The smallest absolute Gasteiger partial charge is 0.100 e. The van der Waals surface area contributed by atoms with Crippen molar-refractivity contribution in [1.29, 1.82) is 5.26 Å². The van der Waals surface area contributed by atoms with Crippen LogP contribution in [-0.2, 0) is 0 Å². The van der Waals surface area contributed by atoms with Crippen LogP contribution in [0.5, 0.6) is 0 Å². The third kappa shape index (κ3) is 2.99. The monoisotopic (exact) mass is 293 g/mol. The van der Waals surface area contributed by atoms with Gasteiger partial charge in [0.05, 0.1) is 5.56 Å². The number of benzene rings is 1. The number of rotatable bonds is 2. The summed E-state index contributed by atoms with van der Waals surface area (Å²) in [6.07, 6.45) is 2.39. The molecule has 2 rings (SSSR count). The fourth-order valence-electron chi connectivity index (χ4n) is 2.15. The summed E-state index contributed by atoms with van der Waals surface area (Å²) in [6, 6.07) is 8.87. The Labute approximate surface area is 110 Å². The van der Waals surface area contributed by atoms with Crippen molar-refractivity contribution in [3.63, 3.8) is 0 Å². The van der Waals surface area contributed by atoms with E-state index in [4.69, 9.17) is 5.26 Å². The van der Waals surface area contributed by atoms with E-state index in [0.717, 1.165) is 16.7 Å². The minimum absolute atomic E-state index is 0.462. The normalized spacial score (nSPS) is 24.1. The molecule has 1 heterocycles. The van der Waals surface area contributed by atoms with Gasteiger partial charge in [0.25, 0.3) is 0 Å². The Balaban J connectivity index is 2.08. The number of nitriles is 1. The summed E-state index contributed by atoms with van der Waals surface area (Å²) >= 11 is 3.41. The number of halogens is 1. The Morgan fingerprint density at radius 1 is 1.53 bits per heavy atom. The van der Waals surface area contributed by atoms with E-state index in [1.807, 2.05) is 18.2 Å². The Bertz CT molecular complexity index is 439. The van der Waals surface area contributed by atoms with Crippen molar-refractivity contribution in [3.05, 3.63) is 28.2 Å². The van der Waals surface area contributed by atoms with E-state index in [-0.39, 0.29) is 0 Å². The molecule has 0 amide bonds. The lowest BCUT2D eigenvalue weighted by Crippen LogP contribution is -2.46. The van der Waals surface area contributed by atoms with Crippen molar-refractivity contribution >= 4 is 21.6 Å². The summed E-state index contributed by atoms with van der Waals surface area (Å²) in [5, 5.41) is 15.8. The maximum absolute atomic E-state index is 8.86. The summed E-state index contributed by atoms with van der Waals surface area (Å²) in [4.78, 5) is 0. The van der Waals surface area contributed by atoms with Crippen LogP contribution in [0.1, 0.15) is 25.3 Å². The predicted octanol–water partition coefficient (Wildman–Crippen LogP) is 2.87. The van der Waals surface area contributed by atoms with E-state index >= 15 is 0 Å². The minimum Gasteiger partial charge on any atom is -0.381 e. The van der Waals surface area contributed by atoms with E-state index in [2.05, 4.69) is 39.6 Å². The fraction of sp³-hybridized carbons (Fsp3) is 0.462. The second kappa shape index (κ2) is 5.52. The summed E-state index contributed by atoms with van der Waals surface area (Å²) in [5.41, 5.74) is 1.74. The largest absolute Gasteiger partial charge is 0.381 e. The van der Waals surface area contributed by atoms with Gasteiger partial charge in [0.2, 0.25) is 0 Å². The zero-order chi connectivity index (χ0) is 12.3. The molecule has 1 saturated heterocycles. The summed E-state index contributed by atoms with van der Waals surface area (Å²) < 4.78 is 0.849. The standard InChI is InChI=1S/C13H16BrN3/c1-9-13(3-2-6-16-9)17-11-5-4-10(8-15)12(14)7-11/h4-5,7,9,13,16-17H,2-3,6H2,1H3. The van der Waals surface area contributed by atoms with Crippen molar-refractivity contribution < 1.29 is 0 Å². The quantitative estimate of drug-likeness (QED) is 0.881. The van der Waals surface area contributed by atoms with Crippen LogP contribution in [0.4, 0.5) is 5.69 Å². The molecule has 1 aliphatic heterocycles. The number of piperidine rings is 1. The third-order valence-corrected chi connectivity index (χ3v) is 3.86. The van der Waals surface area contributed by atoms with Crippen molar-refractivity contribution in [2.24, 2.45) is 0 Å². The van der Waals surface area contributed by atoms with E-state index < -0.39 is 0 Å². The molecule has 0 aliphatic carbocycles. The second-order valence-electron chi connectivity index (χ2n) is 4.44. The highest BCUT2D eigenvalue weighted by atomic mass is 79.9. The van der Waals surface area contributed by atoms with Gasteiger partial charge >= 0.3 is 0 Å². The summed E-state index contributed by atoms with van der Waals surface area (Å²) in [6.45, 7) is 3.31. The lowest BCUT2D eigenvalue weighted by Gasteiger charge is -2.31. The van der Waals surface area contributed by atoms with E-state index in [9.17, 15) is 0 Å². The number of hydrogen-bond donors (Lipinski definition) is 2. The van der Waals surface area contributed by atoms with Crippen LogP contribution in [-0.4, -0.2) is 18.6 Å². The zero-order valence-corrected chi connectivity index (χ0v) is 11.4. The highest BCUT2D eigenvalue weighted by Crippen LogP contribution is 2.23. The van der Waals surface area contributed by atoms with E-state index in [1.165, 1.54) is 12.8 Å². The van der Waals surface area contributed by atoms with Crippen molar-refractivity contribution in [3.8, 4) is 6.07 Å². The summed E-state index contributed by atoms with van der Waals surface area (Å²) in [7, 11) is 0. The van der Waals surface area contributed by atoms with Gasteiger partial charge in [0.15, 0.2) is 0 Å². The molecule has 0 spiro atoms. The van der Waals surface area contributed by atoms with Gasteiger partial charge in [-0.1, -0.05) is 0 Å². The van der Waals surface area contributed by atoms with Gasteiger partial charge in [-0.2, -0.15) is 5.26 Å². The van der Waals surface area contributed by atoms with Crippen LogP contribution in [0.15, 0.2) is 22.7 Å². The average molecular weight is 294 g/mol. The minimum atomic E-state index is 0.462. The van der Waals surface area contributed by atoms with Crippen LogP contribution in [0, 0.1) is 11.3 Å². The number of nitrogens with zero attached hydrogens (tertiary/aromatic N) is 1. The average Bonchev–Trinajstić information content (AvgIpc) is 2.32.